The van der Waals surface area contributed by atoms with Gasteiger partial charge in [0.05, 0.1) is 6.61 Å². The molecule has 0 unspecified atom stereocenters. The van der Waals surface area contributed by atoms with Crippen LogP contribution in [0.1, 0.15) is 6.92 Å². The van der Waals surface area contributed by atoms with E-state index in [0.717, 1.165) is 0 Å². The van der Waals surface area contributed by atoms with E-state index in [9.17, 15) is 0 Å². The zero-order valence-corrected chi connectivity index (χ0v) is 6.40. The Bertz CT molecular complexity index is 221. The third kappa shape index (κ3) is 2.80. The first-order chi connectivity index (χ1) is 5.43. The molecule has 0 aliphatic heterocycles. The molecule has 0 aromatic carbocycles. The molecule has 1 aromatic heterocycles. The third-order valence-electron chi connectivity index (χ3n) is 1.08. The zero-order chi connectivity index (χ0) is 7.94. The van der Waals surface area contributed by atoms with Crippen LogP contribution in [0, 0.1) is 0 Å². The SMILES string of the molecule is CCOC=Nc1ccccn1. The Morgan fingerprint density at radius 3 is 3.18 bits per heavy atom. The lowest BCUT2D eigenvalue weighted by molar-refractivity contribution is 0.344. The van der Waals surface area contributed by atoms with E-state index >= 15 is 0 Å². The number of aromatic nitrogens is 1. The first kappa shape index (κ1) is 7.72. The molecule has 0 spiro atoms. The van der Waals surface area contributed by atoms with Gasteiger partial charge in [-0.1, -0.05) is 6.07 Å². The third-order valence-corrected chi connectivity index (χ3v) is 1.08. The Kier molecular flexibility index (Phi) is 3.12. The highest BCUT2D eigenvalue weighted by molar-refractivity contribution is 5.52. The summed E-state index contributed by atoms with van der Waals surface area (Å²) in [5.74, 6) is 0.668. The van der Waals surface area contributed by atoms with Crippen LogP contribution in [0.25, 0.3) is 0 Å². The summed E-state index contributed by atoms with van der Waals surface area (Å²) in [7, 11) is 0. The number of rotatable bonds is 3. The van der Waals surface area contributed by atoms with Crippen molar-refractivity contribution in [2.24, 2.45) is 4.99 Å². The van der Waals surface area contributed by atoms with Gasteiger partial charge in [0.2, 0.25) is 0 Å². The van der Waals surface area contributed by atoms with Gasteiger partial charge in [-0.15, -0.1) is 0 Å². The summed E-state index contributed by atoms with van der Waals surface area (Å²) < 4.78 is 4.91. The Balaban J connectivity index is 2.50. The average Bonchev–Trinajstić information content (AvgIpc) is 2.07. The largest absolute Gasteiger partial charge is 0.483 e. The van der Waals surface area contributed by atoms with Crippen molar-refractivity contribution in [3.05, 3.63) is 24.4 Å². The van der Waals surface area contributed by atoms with Gasteiger partial charge < -0.3 is 4.74 Å². The second-order valence-electron chi connectivity index (χ2n) is 1.88. The maximum atomic E-state index is 4.91. The summed E-state index contributed by atoms with van der Waals surface area (Å²) in [5.41, 5.74) is 0. The van der Waals surface area contributed by atoms with Crippen molar-refractivity contribution in [1.82, 2.24) is 4.98 Å². The molecule has 3 heteroatoms. The molecule has 0 aliphatic carbocycles. The van der Waals surface area contributed by atoms with E-state index in [4.69, 9.17) is 4.74 Å². The number of nitrogens with zero attached hydrogens (tertiary/aromatic N) is 2. The molecule has 0 aliphatic rings. The molecule has 0 saturated heterocycles. The summed E-state index contributed by atoms with van der Waals surface area (Å²) in [6, 6.07) is 5.54. The lowest BCUT2D eigenvalue weighted by Crippen LogP contribution is -1.84. The fourth-order valence-corrected chi connectivity index (χ4v) is 0.596. The standard InChI is InChI=1S/C8H10N2O/c1-2-11-7-10-8-5-3-4-6-9-8/h3-7H,2H2,1H3. The predicted octanol–water partition coefficient (Wildman–Crippen LogP) is 1.78. The van der Waals surface area contributed by atoms with Crippen LogP contribution < -0.4 is 0 Å². The lowest BCUT2D eigenvalue weighted by Gasteiger charge is -1.91. The van der Waals surface area contributed by atoms with Crippen molar-refractivity contribution in [2.75, 3.05) is 6.61 Å². The van der Waals surface area contributed by atoms with E-state index in [1.165, 1.54) is 6.40 Å². The zero-order valence-electron chi connectivity index (χ0n) is 6.40. The fraction of sp³-hybridized carbons (Fsp3) is 0.250. The highest BCUT2D eigenvalue weighted by Crippen LogP contribution is 2.02. The smallest absolute Gasteiger partial charge is 0.176 e. The van der Waals surface area contributed by atoms with Gasteiger partial charge in [-0.05, 0) is 19.1 Å². The molecule has 1 heterocycles. The van der Waals surface area contributed by atoms with Crippen molar-refractivity contribution in [3.8, 4) is 0 Å². The molecule has 58 valence electrons. The highest BCUT2D eigenvalue weighted by atomic mass is 16.5. The Labute approximate surface area is 65.8 Å². The first-order valence-electron chi connectivity index (χ1n) is 3.48. The van der Waals surface area contributed by atoms with Crippen molar-refractivity contribution in [1.29, 1.82) is 0 Å². The summed E-state index contributed by atoms with van der Waals surface area (Å²) >= 11 is 0. The first-order valence-corrected chi connectivity index (χ1v) is 3.48. The maximum absolute atomic E-state index is 4.91. The average molecular weight is 150 g/mol. The van der Waals surface area contributed by atoms with Crippen LogP contribution >= 0.6 is 0 Å². The highest BCUT2D eigenvalue weighted by Gasteiger charge is 1.82. The number of pyridine rings is 1. The molecule has 0 atom stereocenters. The lowest BCUT2D eigenvalue weighted by atomic mass is 10.5. The summed E-state index contributed by atoms with van der Waals surface area (Å²) in [6.45, 7) is 2.54. The molecular formula is C8H10N2O. The van der Waals surface area contributed by atoms with Crippen LogP contribution in [-0.4, -0.2) is 18.0 Å². The van der Waals surface area contributed by atoms with Gasteiger partial charge in [-0.3, -0.25) is 0 Å². The van der Waals surface area contributed by atoms with Crippen molar-refractivity contribution < 1.29 is 4.74 Å². The van der Waals surface area contributed by atoms with Gasteiger partial charge >= 0.3 is 0 Å². The summed E-state index contributed by atoms with van der Waals surface area (Å²) in [4.78, 5) is 7.91. The van der Waals surface area contributed by atoms with Gasteiger partial charge in [0.25, 0.3) is 0 Å². The minimum atomic E-state index is 0.635. The number of hydrogen-bond acceptors (Lipinski definition) is 3. The number of hydrogen-bond donors (Lipinski definition) is 0. The Morgan fingerprint density at radius 1 is 1.64 bits per heavy atom. The van der Waals surface area contributed by atoms with Gasteiger partial charge in [0.15, 0.2) is 12.2 Å². The molecule has 0 saturated carbocycles. The molecular weight excluding hydrogens is 140 g/mol. The van der Waals surface area contributed by atoms with E-state index in [2.05, 4.69) is 9.98 Å². The van der Waals surface area contributed by atoms with Crippen molar-refractivity contribution in [2.45, 2.75) is 6.92 Å². The molecule has 0 N–H and O–H groups in total. The normalized spacial score (nSPS) is 10.3. The predicted molar refractivity (Wildman–Crippen MR) is 44.0 cm³/mol. The van der Waals surface area contributed by atoms with Gasteiger partial charge in [0.1, 0.15) is 0 Å². The second kappa shape index (κ2) is 4.44. The van der Waals surface area contributed by atoms with E-state index in [0.29, 0.717) is 12.4 Å². The molecule has 0 amide bonds. The van der Waals surface area contributed by atoms with Gasteiger partial charge in [0, 0.05) is 6.20 Å². The molecule has 3 nitrogen and oxygen atoms in total. The Hall–Kier alpha value is -1.38. The van der Waals surface area contributed by atoms with E-state index in [1.807, 2.05) is 25.1 Å². The van der Waals surface area contributed by atoms with Crippen molar-refractivity contribution >= 4 is 12.2 Å². The van der Waals surface area contributed by atoms with Crippen LogP contribution in [0.4, 0.5) is 5.82 Å². The molecule has 0 radical (unpaired) electrons. The van der Waals surface area contributed by atoms with Gasteiger partial charge in [-0.2, -0.15) is 0 Å². The molecule has 1 rings (SSSR count). The monoisotopic (exact) mass is 150 g/mol. The quantitative estimate of drug-likeness (QED) is 0.486. The number of aliphatic imine (C=N–C) groups is 1. The molecule has 11 heavy (non-hydrogen) atoms. The minimum Gasteiger partial charge on any atom is -0.483 e. The second-order valence-corrected chi connectivity index (χ2v) is 1.88. The van der Waals surface area contributed by atoms with Crippen LogP contribution in [0.2, 0.25) is 0 Å². The molecule has 0 fully saturated rings. The minimum absolute atomic E-state index is 0.635. The van der Waals surface area contributed by atoms with Crippen LogP contribution in [-0.2, 0) is 4.74 Å². The molecule has 0 bridgehead atoms. The summed E-state index contributed by atoms with van der Waals surface area (Å²) in [6.07, 6.45) is 3.10. The Morgan fingerprint density at radius 2 is 2.55 bits per heavy atom. The summed E-state index contributed by atoms with van der Waals surface area (Å²) in [5, 5.41) is 0. The van der Waals surface area contributed by atoms with E-state index in [-0.39, 0.29) is 0 Å². The van der Waals surface area contributed by atoms with Crippen LogP contribution in [0.15, 0.2) is 29.4 Å². The topological polar surface area (TPSA) is 34.5 Å². The van der Waals surface area contributed by atoms with Crippen molar-refractivity contribution in [3.63, 3.8) is 0 Å². The van der Waals surface area contributed by atoms with E-state index in [1.54, 1.807) is 6.20 Å². The molecule has 1 aromatic rings. The van der Waals surface area contributed by atoms with Crippen LogP contribution in [0.3, 0.4) is 0 Å². The maximum Gasteiger partial charge on any atom is 0.176 e. The van der Waals surface area contributed by atoms with Crippen LogP contribution in [0.5, 0.6) is 0 Å². The van der Waals surface area contributed by atoms with E-state index < -0.39 is 0 Å². The van der Waals surface area contributed by atoms with Gasteiger partial charge in [-0.25, -0.2) is 9.98 Å². The number of ether oxygens (including phenoxy) is 1. The fourth-order valence-electron chi connectivity index (χ4n) is 0.596.